The van der Waals surface area contributed by atoms with Crippen molar-refractivity contribution < 1.29 is 64.6 Å². The molecule has 0 bridgehead atoms. The topological polar surface area (TPSA) is 216 Å². The Morgan fingerprint density at radius 3 is 2.14 bits per heavy atom. The molecule has 8 unspecified atom stereocenters. The lowest BCUT2D eigenvalue weighted by molar-refractivity contribution is -0.336. The maximum atomic E-state index is 10.5. The second-order valence-electron chi connectivity index (χ2n) is 6.58. The van der Waals surface area contributed by atoms with E-state index in [4.69, 9.17) is 18.9 Å². The summed E-state index contributed by atoms with van der Waals surface area (Å²) in [5.74, 6) is 0. The number of carbonyl (C=O) groups excluding carboxylic acids is 1. The molecule has 11 atom stereocenters. The molecule has 2 aliphatic heterocycles. The van der Waals surface area contributed by atoms with Gasteiger partial charge in [-0.1, -0.05) is 0 Å². The second-order valence-corrected chi connectivity index (χ2v) is 6.58. The van der Waals surface area contributed by atoms with Gasteiger partial charge in [-0.15, -0.1) is 0 Å². The van der Waals surface area contributed by atoms with Crippen molar-refractivity contribution >= 4 is 6.29 Å². The minimum absolute atomic E-state index is 0.0361. The van der Waals surface area contributed by atoms with Crippen LogP contribution in [-0.2, 0) is 23.7 Å². The lowest BCUT2D eigenvalue weighted by Gasteiger charge is -2.42. The molecule has 2 saturated heterocycles. The van der Waals surface area contributed by atoms with Crippen LogP contribution in [0, 0.1) is 0 Å². The Kier molecular flexibility index (Phi) is 8.62. The van der Waals surface area contributed by atoms with E-state index < -0.39 is 74.1 Å². The summed E-state index contributed by atoms with van der Waals surface area (Å²) < 4.78 is 20.7. The van der Waals surface area contributed by atoms with Crippen LogP contribution in [0.15, 0.2) is 0 Å². The first-order valence-electron chi connectivity index (χ1n) is 8.58. The van der Waals surface area contributed by atoms with Crippen LogP contribution in [0.5, 0.6) is 0 Å². The molecule has 13 nitrogen and oxygen atoms in total. The van der Waals surface area contributed by atoms with Gasteiger partial charge in [-0.25, -0.2) is 0 Å². The van der Waals surface area contributed by atoms with E-state index in [0.29, 0.717) is 0 Å². The molecule has 0 radical (unpaired) electrons. The highest BCUT2D eigenvalue weighted by Gasteiger charge is 2.46. The Bertz CT molecular complexity index is 493. The Labute approximate surface area is 159 Å². The van der Waals surface area contributed by atoms with E-state index in [9.17, 15) is 45.6 Å². The van der Waals surface area contributed by atoms with Crippen LogP contribution in [0.2, 0.25) is 0 Å². The smallest absolute Gasteiger partial charge is 0.186 e. The first-order chi connectivity index (χ1) is 13.2. The first kappa shape index (κ1) is 23.5. The van der Waals surface area contributed by atoms with E-state index in [0.717, 1.165) is 0 Å². The third kappa shape index (κ3) is 5.21. The summed E-state index contributed by atoms with van der Waals surface area (Å²) in [7, 11) is 0. The minimum Gasteiger partial charge on any atom is -0.394 e. The molecule has 13 heteroatoms. The molecule has 8 N–H and O–H groups in total. The van der Waals surface area contributed by atoms with Gasteiger partial charge in [-0.3, -0.25) is 0 Å². The summed E-state index contributed by atoms with van der Waals surface area (Å²) >= 11 is 0. The van der Waals surface area contributed by atoms with E-state index >= 15 is 0 Å². The molecule has 2 rings (SSSR count). The number of carbonyl (C=O) groups is 1. The van der Waals surface area contributed by atoms with Crippen molar-refractivity contribution in [3.05, 3.63) is 0 Å². The van der Waals surface area contributed by atoms with Crippen molar-refractivity contribution in [2.24, 2.45) is 0 Å². The van der Waals surface area contributed by atoms with Gasteiger partial charge < -0.3 is 64.6 Å². The fraction of sp³-hybridized carbons (Fsp3) is 0.933. The molecule has 0 spiro atoms. The summed E-state index contributed by atoms with van der Waals surface area (Å²) in [6, 6.07) is 0. The van der Waals surface area contributed by atoms with Gasteiger partial charge in [0.15, 0.2) is 18.9 Å². The summed E-state index contributed by atoms with van der Waals surface area (Å²) in [4.78, 5) is 10.5. The zero-order valence-corrected chi connectivity index (χ0v) is 14.7. The van der Waals surface area contributed by atoms with Gasteiger partial charge in [0.2, 0.25) is 0 Å². The van der Waals surface area contributed by atoms with E-state index in [1.165, 1.54) is 0 Å². The maximum absolute atomic E-state index is 10.5. The van der Waals surface area contributed by atoms with Gasteiger partial charge in [0.25, 0.3) is 0 Å². The average Bonchev–Trinajstić information content (AvgIpc) is 2.69. The largest absolute Gasteiger partial charge is 0.394 e. The van der Waals surface area contributed by atoms with Crippen molar-refractivity contribution in [2.75, 3.05) is 19.8 Å². The van der Waals surface area contributed by atoms with Gasteiger partial charge >= 0.3 is 0 Å². The predicted molar refractivity (Wildman–Crippen MR) is 84.4 cm³/mol. The molecule has 2 aliphatic rings. The van der Waals surface area contributed by atoms with Crippen molar-refractivity contribution in [2.45, 2.75) is 67.5 Å². The van der Waals surface area contributed by atoms with Crippen LogP contribution >= 0.6 is 0 Å². The Morgan fingerprint density at radius 2 is 1.54 bits per heavy atom. The Balaban J connectivity index is 1.93. The lowest BCUT2D eigenvalue weighted by Crippen LogP contribution is -2.60. The molecular formula is C15H26O13. The third-order valence-corrected chi connectivity index (χ3v) is 4.56. The first-order valence-corrected chi connectivity index (χ1v) is 8.58. The number of ether oxygens (including phenoxy) is 4. The number of aliphatic hydroxyl groups is 8. The van der Waals surface area contributed by atoms with Crippen LogP contribution in [0.4, 0.5) is 0 Å². The van der Waals surface area contributed by atoms with Crippen LogP contribution in [0.1, 0.15) is 0 Å². The zero-order valence-electron chi connectivity index (χ0n) is 14.7. The van der Waals surface area contributed by atoms with Gasteiger partial charge in [0.05, 0.1) is 19.8 Å². The standard InChI is InChI=1S/C15H26O13/c16-1-5(18)9(20)7(2-17)27-15-13(24)11(22)8(4-26-15)28-14-12(23)10(21)6(19)3-25-14/h1,5-15,17-24H,2-4H2/t5-,6?,7?,8?,9?,10?,11-,12?,13?,14-,15?/m0/s1. The molecule has 164 valence electrons. The molecule has 2 heterocycles. The quantitative estimate of drug-likeness (QED) is 0.174. The molecule has 0 saturated carbocycles. The summed E-state index contributed by atoms with van der Waals surface area (Å²) in [5.41, 5.74) is 0. The van der Waals surface area contributed by atoms with E-state index in [2.05, 4.69) is 0 Å². The molecule has 0 aliphatic carbocycles. The maximum Gasteiger partial charge on any atom is 0.186 e. The second kappa shape index (κ2) is 10.3. The monoisotopic (exact) mass is 414 g/mol. The average molecular weight is 414 g/mol. The van der Waals surface area contributed by atoms with E-state index in [1.807, 2.05) is 0 Å². The van der Waals surface area contributed by atoms with Crippen molar-refractivity contribution in [3.8, 4) is 0 Å². The number of aldehydes is 1. The molecule has 28 heavy (non-hydrogen) atoms. The van der Waals surface area contributed by atoms with Crippen LogP contribution < -0.4 is 0 Å². The van der Waals surface area contributed by atoms with E-state index in [1.54, 1.807) is 0 Å². The molecule has 0 aromatic carbocycles. The highest BCUT2D eigenvalue weighted by molar-refractivity contribution is 5.56. The number of hydrogen-bond acceptors (Lipinski definition) is 13. The summed E-state index contributed by atoms with van der Waals surface area (Å²) in [6.07, 6.45) is -17.1. The summed E-state index contributed by atoms with van der Waals surface area (Å²) in [5, 5.41) is 77.5. The van der Waals surface area contributed by atoms with Crippen molar-refractivity contribution in [1.29, 1.82) is 0 Å². The highest BCUT2D eigenvalue weighted by atomic mass is 16.7. The fourth-order valence-electron chi connectivity index (χ4n) is 2.78. The molecule has 0 aromatic heterocycles. The molecule has 0 amide bonds. The van der Waals surface area contributed by atoms with Gasteiger partial charge in [-0.2, -0.15) is 0 Å². The SMILES string of the molecule is O=C[C@H](O)C(O)C(CO)OC1OCC(O[C@@H]2OCC(O)C(O)C2O)[C@H](O)C1O. The van der Waals surface area contributed by atoms with Crippen LogP contribution in [0.3, 0.4) is 0 Å². The molecular weight excluding hydrogens is 388 g/mol. The number of rotatable bonds is 8. The van der Waals surface area contributed by atoms with Crippen molar-refractivity contribution in [3.63, 3.8) is 0 Å². The Hall–Kier alpha value is -0.810. The van der Waals surface area contributed by atoms with Gasteiger partial charge in [0.1, 0.15) is 54.9 Å². The number of hydrogen-bond donors (Lipinski definition) is 8. The minimum atomic E-state index is -1.84. The van der Waals surface area contributed by atoms with Crippen molar-refractivity contribution in [1.82, 2.24) is 0 Å². The van der Waals surface area contributed by atoms with Gasteiger partial charge in [-0.05, 0) is 0 Å². The number of aliphatic hydroxyl groups excluding tert-OH is 8. The normalized spacial score (nSPS) is 42.6. The Morgan fingerprint density at radius 1 is 0.929 bits per heavy atom. The fourth-order valence-corrected chi connectivity index (χ4v) is 2.78. The molecule has 0 aromatic rings. The molecule has 2 fully saturated rings. The predicted octanol–water partition coefficient (Wildman–Crippen LogP) is -5.81. The van der Waals surface area contributed by atoms with Crippen LogP contribution in [-0.4, -0.2) is 134 Å². The van der Waals surface area contributed by atoms with E-state index in [-0.39, 0.29) is 19.5 Å². The highest BCUT2D eigenvalue weighted by Crippen LogP contribution is 2.25. The zero-order chi connectivity index (χ0) is 21.0. The lowest BCUT2D eigenvalue weighted by atomic mass is 10.0. The third-order valence-electron chi connectivity index (χ3n) is 4.56. The summed E-state index contributed by atoms with van der Waals surface area (Å²) in [6.45, 7) is -1.52. The van der Waals surface area contributed by atoms with Gasteiger partial charge in [0, 0.05) is 0 Å². The van der Waals surface area contributed by atoms with Crippen LogP contribution in [0.25, 0.3) is 0 Å².